The zero-order valence-corrected chi connectivity index (χ0v) is 13.4. The predicted octanol–water partition coefficient (Wildman–Crippen LogP) is 3.63. The Labute approximate surface area is 126 Å². The summed E-state index contributed by atoms with van der Waals surface area (Å²) in [7, 11) is 5.32. The summed E-state index contributed by atoms with van der Waals surface area (Å²) in [6.45, 7) is 4.28. The van der Waals surface area contributed by atoms with Crippen molar-refractivity contribution >= 4 is 0 Å². The summed E-state index contributed by atoms with van der Waals surface area (Å²) in [5.74, 6) is 1.63. The molecule has 1 N–H and O–H groups in total. The van der Waals surface area contributed by atoms with Crippen molar-refractivity contribution in [2.45, 2.75) is 19.9 Å². The minimum absolute atomic E-state index is 0.0899. The molecule has 2 aromatic rings. The molecule has 0 aliphatic rings. The van der Waals surface area contributed by atoms with E-state index in [0.29, 0.717) is 0 Å². The van der Waals surface area contributed by atoms with Crippen LogP contribution in [-0.2, 0) is 0 Å². The van der Waals surface area contributed by atoms with Gasteiger partial charge in [0.25, 0.3) is 0 Å². The Bertz CT molecular complexity index is 602. The van der Waals surface area contributed by atoms with Gasteiger partial charge >= 0.3 is 0 Å². The fourth-order valence-corrected chi connectivity index (χ4v) is 2.79. The fourth-order valence-electron chi connectivity index (χ4n) is 2.79. The molecule has 2 aromatic carbocycles. The van der Waals surface area contributed by atoms with E-state index in [4.69, 9.17) is 9.47 Å². The van der Waals surface area contributed by atoms with Crippen LogP contribution in [0, 0.1) is 13.8 Å². The Hall–Kier alpha value is -2.00. The summed E-state index contributed by atoms with van der Waals surface area (Å²) in [6, 6.07) is 12.4. The van der Waals surface area contributed by atoms with Gasteiger partial charge in [0.1, 0.15) is 11.5 Å². The van der Waals surface area contributed by atoms with Gasteiger partial charge in [-0.1, -0.05) is 18.2 Å². The van der Waals surface area contributed by atoms with Crippen LogP contribution in [0.1, 0.15) is 28.3 Å². The normalized spacial score (nSPS) is 12.0. The Morgan fingerprint density at radius 3 is 2.14 bits per heavy atom. The minimum atomic E-state index is 0.0899. The van der Waals surface area contributed by atoms with Crippen molar-refractivity contribution in [3.8, 4) is 11.5 Å². The summed E-state index contributed by atoms with van der Waals surface area (Å²) in [4.78, 5) is 0. The van der Waals surface area contributed by atoms with Crippen LogP contribution >= 0.6 is 0 Å². The lowest BCUT2D eigenvalue weighted by molar-refractivity contribution is 0.388. The van der Waals surface area contributed by atoms with Crippen LogP contribution in [0.3, 0.4) is 0 Å². The number of ether oxygens (including phenoxy) is 2. The molecule has 0 heterocycles. The van der Waals surface area contributed by atoms with Crippen molar-refractivity contribution in [3.63, 3.8) is 0 Å². The van der Waals surface area contributed by atoms with Gasteiger partial charge in [0.15, 0.2) is 0 Å². The van der Waals surface area contributed by atoms with Gasteiger partial charge in [0.2, 0.25) is 0 Å². The zero-order valence-electron chi connectivity index (χ0n) is 13.4. The number of nitrogens with one attached hydrogen (secondary N) is 1. The van der Waals surface area contributed by atoms with Gasteiger partial charge < -0.3 is 14.8 Å². The Kier molecular flexibility index (Phi) is 4.86. The topological polar surface area (TPSA) is 30.5 Å². The first-order valence-corrected chi connectivity index (χ1v) is 7.07. The van der Waals surface area contributed by atoms with Gasteiger partial charge in [-0.2, -0.15) is 0 Å². The molecule has 0 saturated carbocycles. The molecule has 3 heteroatoms. The molecule has 1 atom stereocenters. The molecular weight excluding hydrogens is 262 g/mol. The van der Waals surface area contributed by atoms with Crippen molar-refractivity contribution in [2.75, 3.05) is 21.3 Å². The third-order valence-corrected chi connectivity index (χ3v) is 3.87. The van der Waals surface area contributed by atoms with E-state index in [1.807, 2.05) is 19.2 Å². The van der Waals surface area contributed by atoms with Gasteiger partial charge in [-0.25, -0.2) is 0 Å². The van der Waals surface area contributed by atoms with E-state index in [-0.39, 0.29) is 6.04 Å². The second-order valence-corrected chi connectivity index (χ2v) is 5.14. The maximum atomic E-state index is 5.55. The summed E-state index contributed by atoms with van der Waals surface area (Å²) in [5.41, 5.74) is 4.95. The molecule has 0 fully saturated rings. The summed E-state index contributed by atoms with van der Waals surface area (Å²) in [6.07, 6.45) is 0. The van der Waals surface area contributed by atoms with E-state index in [1.165, 1.54) is 16.7 Å². The van der Waals surface area contributed by atoms with E-state index in [9.17, 15) is 0 Å². The highest BCUT2D eigenvalue weighted by Crippen LogP contribution is 2.35. The van der Waals surface area contributed by atoms with Gasteiger partial charge in [0.05, 0.1) is 20.3 Å². The van der Waals surface area contributed by atoms with Gasteiger partial charge in [-0.05, 0) is 49.7 Å². The van der Waals surface area contributed by atoms with E-state index >= 15 is 0 Å². The highest BCUT2D eigenvalue weighted by atomic mass is 16.5. The fraction of sp³-hybridized carbons (Fsp3) is 0.333. The molecule has 3 nitrogen and oxygen atoms in total. The highest BCUT2D eigenvalue weighted by Gasteiger charge is 2.20. The van der Waals surface area contributed by atoms with Crippen molar-refractivity contribution in [3.05, 3.63) is 58.7 Å². The van der Waals surface area contributed by atoms with Crippen LogP contribution in [0.15, 0.2) is 36.4 Å². The number of hydrogen-bond donors (Lipinski definition) is 1. The second kappa shape index (κ2) is 6.64. The monoisotopic (exact) mass is 285 g/mol. The first kappa shape index (κ1) is 15.4. The lowest BCUT2D eigenvalue weighted by atomic mass is 9.91. The molecule has 0 saturated heterocycles. The van der Waals surface area contributed by atoms with Gasteiger partial charge in [0, 0.05) is 11.6 Å². The van der Waals surface area contributed by atoms with Crippen LogP contribution in [0.25, 0.3) is 0 Å². The standard InChI is InChI=1S/C18H23NO2/c1-12-7-6-8-13(2)17(12)18(19-3)15-10-9-14(20-4)11-16(15)21-5/h6-11,18-19H,1-5H3. The predicted molar refractivity (Wildman–Crippen MR) is 86.4 cm³/mol. The third-order valence-electron chi connectivity index (χ3n) is 3.87. The van der Waals surface area contributed by atoms with Crippen LogP contribution < -0.4 is 14.8 Å². The molecule has 112 valence electrons. The van der Waals surface area contributed by atoms with Crippen molar-refractivity contribution in [2.24, 2.45) is 0 Å². The van der Waals surface area contributed by atoms with Crippen LogP contribution in [0.2, 0.25) is 0 Å². The van der Waals surface area contributed by atoms with Crippen LogP contribution in [-0.4, -0.2) is 21.3 Å². The zero-order chi connectivity index (χ0) is 15.4. The molecule has 21 heavy (non-hydrogen) atoms. The third kappa shape index (κ3) is 3.03. The number of hydrogen-bond acceptors (Lipinski definition) is 3. The van der Waals surface area contributed by atoms with Crippen molar-refractivity contribution < 1.29 is 9.47 Å². The second-order valence-electron chi connectivity index (χ2n) is 5.14. The SMILES string of the molecule is CNC(c1ccc(OC)cc1OC)c1c(C)cccc1C. The maximum Gasteiger partial charge on any atom is 0.127 e. The number of rotatable bonds is 5. The van der Waals surface area contributed by atoms with Crippen molar-refractivity contribution in [1.29, 1.82) is 0 Å². The average molecular weight is 285 g/mol. The maximum absolute atomic E-state index is 5.55. The number of methoxy groups -OCH3 is 2. The number of benzene rings is 2. The summed E-state index contributed by atoms with van der Waals surface area (Å²) >= 11 is 0. The first-order chi connectivity index (χ1) is 10.1. The largest absolute Gasteiger partial charge is 0.497 e. The minimum Gasteiger partial charge on any atom is -0.497 e. The molecule has 0 radical (unpaired) electrons. The summed E-state index contributed by atoms with van der Waals surface area (Å²) in [5, 5.41) is 3.41. The average Bonchev–Trinajstić information content (AvgIpc) is 2.50. The van der Waals surface area contributed by atoms with E-state index in [0.717, 1.165) is 17.1 Å². The van der Waals surface area contributed by atoms with E-state index in [2.05, 4.69) is 43.4 Å². The quantitative estimate of drug-likeness (QED) is 0.910. The molecule has 0 aliphatic carbocycles. The molecule has 0 bridgehead atoms. The Morgan fingerprint density at radius 2 is 1.62 bits per heavy atom. The lowest BCUT2D eigenvalue weighted by Crippen LogP contribution is -2.20. The highest BCUT2D eigenvalue weighted by molar-refractivity contribution is 5.49. The van der Waals surface area contributed by atoms with Gasteiger partial charge in [-0.3, -0.25) is 0 Å². The molecular formula is C18H23NO2. The molecule has 2 rings (SSSR count). The molecule has 0 spiro atoms. The number of aryl methyl sites for hydroxylation is 2. The molecule has 0 amide bonds. The van der Waals surface area contributed by atoms with E-state index in [1.54, 1.807) is 14.2 Å². The molecule has 0 aliphatic heterocycles. The van der Waals surface area contributed by atoms with Crippen molar-refractivity contribution in [1.82, 2.24) is 5.32 Å². The van der Waals surface area contributed by atoms with Crippen LogP contribution in [0.5, 0.6) is 11.5 Å². The lowest BCUT2D eigenvalue weighted by Gasteiger charge is -2.23. The van der Waals surface area contributed by atoms with E-state index < -0.39 is 0 Å². The summed E-state index contributed by atoms with van der Waals surface area (Å²) < 4.78 is 10.8. The smallest absolute Gasteiger partial charge is 0.127 e. The first-order valence-electron chi connectivity index (χ1n) is 7.07. The Morgan fingerprint density at radius 1 is 0.952 bits per heavy atom. The van der Waals surface area contributed by atoms with Gasteiger partial charge in [-0.15, -0.1) is 0 Å². The van der Waals surface area contributed by atoms with Crippen LogP contribution in [0.4, 0.5) is 0 Å². The molecule has 0 aromatic heterocycles. The Balaban J connectivity index is 2.56. The molecule has 1 unspecified atom stereocenters.